The summed E-state index contributed by atoms with van der Waals surface area (Å²) >= 11 is 0. The molecule has 1 unspecified atom stereocenters. The molecule has 0 aliphatic carbocycles. The Morgan fingerprint density at radius 1 is 1.32 bits per heavy atom. The van der Waals surface area contributed by atoms with E-state index in [4.69, 9.17) is 10.8 Å². The van der Waals surface area contributed by atoms with Gasteiger partial charge in [-0.05, 0) is 20.3 Å². The number of carboxylic acids is 1. The zero-order chi connectivity index (χ0) is 15.1. The van der Waals surface area contributed by atoms with Crippen molar-refractivity contribution in [2.24, 2.45) is 11.1 Å². The summed E-state index contributed by atoms with van der Waals surface area (Å²) in [5.41, 5.74) is 4.34. The summed E-state index contributed by atoms with van der Waals surface area (Å²) in [6.45, 7) is 5.25. The van der Waals surface area contributed by atoms with E-state index in [0.29, 0.717) is 6.42 Å². The quantitative estimate of drug-likeness (QED) is 0.512. The van der Waals surface area contributed by atoms with E-state index in [2.05, 4.69) is 10.6 Å². The number of aliphatic carboxylic acids is 1. The van der Waals surface area contributed by atoms with Gasteiger partial charge in [0.1, 0.15) is 0 Å². The van der Waals surface area contributed by atoms with Gasteiger partial charge in [0.05, 0.1) is 11.8 Å². The zero-order valence-corrected chi connectivity index (χ0v) is 11.7. The van der Waals surface area contributed by atoms with Crippen molar-refractivity contribution in [2.75, 3.05) is 6.54 Å². The minimum Gasteiger partial charge on any atom is -0.481 e. The van der Waals surface area contributed by atoms with Crippen LogP contribution >= 0.6 is 0 Å². The molecule has 110 valence electrons. The highest BCUT2D eigenvalue weighted by Crippen LogP contribution is 2.11. The average Bonchev–Trinajstić information content (AvgIpc) is 2.25. The van der Waals surface area contributed by atoms with Gasteiger partial charge in [0, 0.05) is 12.6 Å². The topological polar surface area (TPSA) is 122 Å². The first-order valence-corrected chi connectivity index (χ1v) is 6.25. The summed E-state index contributed by atoms with van der Waals surface area (Å²) in [5.74, 6) is -1.47. The SMILES string of the molecule is CCCC(CC(=O)O)NC(=O)NCC(C)(C)C(N)=O. The van der Waals surface area contributed by atoms with Crippen LogP contribution in [0, 0.1) is 5.41 Å². The minimum atomic E-state index is -0.962. The maximum Gasteiger partial charge on any atom is 0.315 e. The number of urea groups is 1. The van der Waals surface area contributed by atoms with Crippen LogP contribution in [-0.4, -0.2) is 35.6 Å². The number of carboxylic acid groups (broad SMARTS) is 1. The Kier molecular flexibility index (Phi) is 6.89. The lowest BCUT2D eigenvalue weighted by molar-refractivity contribution is -0.137. The Labute approximate surface area is 112 Å². The largest absolute Gasteiger partial charge is 0.481 e. The molecule has 0 aromatic rings. The molecule has 5 N–H and O–H groups in total. The van der Waals surface area contributed by atoms with Crippen LogP contribution in [0.15, 0.2) is 0 Å². The van der Waals surface area contributed by atoms with E-state index in [-0.39, 0.29) is 13.0 Å². The molecule has 0 fully saturated rings. The molecule has 3 amide bonds. The third-order valence-electron chi connectivity index (χ3n) is 2.75. The van der Waals surface area contributed by atoms with E-state index in [1.807, 2.05) is 6.92 Å². The van der Waals surface area contributed by atoms with Crippen LogP contribution in [0.2, 0.25) is 0 Å². The Balaban J connectivity index is 4.27. The van der Waals surface area contributed by atoms with Crippen molar-refractivity contribution in [1.82, 2.24) is 10.6 Å². The Morgan fingerprint density at radius 2 is 1.89 bits per heavy atom. The molecule has 0 aromatic carbocycles. The van der Waals surface area contributed by atoms with Gasteiger partial charge in [0.2, 0.25) is 5.91 Å². The first-order valence-electron chi connectivity index (χ1n) is 6.25. The van der Waals surface area contributed by atoms with Gasteiger partial charge in [-0.1, -0.05) is 13.3 Å². The Hall–Kier alpha value is -1.79. The van der Waals surface area contributed by atoms with Crippen LogP contribution in [0.4, 0.5) is 4.79 Å². The molecule has 7 nitrogen and oxygen atoms in total. The highest BCUT2D eigenvalue weighted by molar-refractivity contribution is 5.81. The van der Waals surface area contributed by atoms with Gasteiger partial charge in [-0.25, -0.2) is 4.79 Å². The molecule has 0 aromatic heterocycles. The third-order valence-corrected chi connectivity index (χ3v) is 2.75. The predicted octanol–water partition coefficient (Wildman–Crippen LogP) is 0.441. The van der Waals surface area contributed by atoms with Gasteiger partial charge < -0.3 is 21.5 Å². The first kappa shape index (κ1) is 17.2. The van der Waals surface area contributed by atoms with Crippen LogP contribution in [0.1, 0.15) is 40.0 Å². The fourth-order valence-corrected chi connectivity index (χ4v) is 1.41. The van der Waals surface area contributed by atoms with E-state index in [1.54, 1.807) is 13.8 Å². The predicted molar refractivity (Wildman–Crippen MR) is 70.5 cm³/mol. The second-order valence-electron chi connectivity index (χ2n) is 5.16. The van der Waals surface area contributed by atoms with Gasteiger partial charge in [-0.15, -0.1) is 0 Å². The van der Waals surface area contributed by atoms with Gasteiger partial charge in [-0.3, -0.25) is 9.59 Å². The molecule has 0 radical (unpaired) electrons. The maximum atomic E-state index is 11.6. The van der Waals surface area contributed by atoms with Crippen molar-refractivity contribution in [3.8, 4) is 0 Å². The highest BCUT2D eigenvalue weighted by Gasteiger charge is 2.25. The lowest BCUT2D eigenvalue weighted by Crippen LogP contribution is -2.48. The first-order chi connectivity index (χ1) is 8.69. The molecular formula is C12H23N3O4. The van der Waals surface area contributed by atoms with E-state index >= 15 is 0 Å². The van der Waals surface area contributed by atoms with Crippen LogP contribution in [0.5, 0.6) is 0 Å². The normalized spacial score (nSPS) is 12.6. The summed E-state index contributed by atoms with van der Waals surface area (Å²) in [7, 11) is 0. The fourth-order valence-electron chi connectivity index (χ4n) is 1.41. The fraction of sp³-hybridized carbons (Fsp3) is 0.750. The third kappa shape index (κ3) is 7.28. The number of nitrogens with two attached hydrogens (primary N) is 1. The summed E-state index contributed by atoms with van der Waals surface area (Å²) in [5, 5.41) is 13.8. The van der Waals surface area contributed by atoms with Gasteiger partial charge >= 0.3 is 12.0 Å². The van der Waals surface area contributed by atoms with E-state index < -0.39 is 29.4 Å². The van der Waals surface area contributed by atoms with Crippen molar-refractivity contribution in [2.45, 2.75) is 46.1 Å². The summed E-state index contributed by atoms with van der Waals surface area (Å²) in [6, 6.07) is -0.909. The molecule has 0 saturated carbocycles. The second-order valence-corrected chi connectivity index (χ2v) is 5.16. The smallest absolute Gasteiger partial charge is 0.315 e. The Bertz CT molecular complexity index is 342. The van der Waals surface area contributed by atoms with E-state index in [0.717, 1.165) is 6.42 Å². The van der Waals surface area contributed by atoms with Gasteiger partial charge in [0.15, 0.2) is 0 Å². The van der Waals surface area contributed by atoms with Gasteiger partial charge in [-0.2, -0.15) is 0 Å². The molecule has 0 saturated heterocycles. The monoisotopic (exact) mass is 273 g/mol. The summed E-state index contributed by atoms with van der Waals surface area (Å²) in [6.07, 6.45) is 1.23. The second kappa shape index (κ2) is 7.60. The average molecular weight is 273 g/mol. The standard InChI is InChI=1S/C12H23N3O4/c1-4-5-8(6-9(16)17)15-11(19)14-7-12(2,3)10(13)18/h8H,4-7H2,1-3H3,(H2,13,18)(H,16,17)(H2,14,15,19). The summed E-state index contributed by atoms with van der Waals surface area (Å²) < 4.78 is 0. The van der Waals surface area contributed by atoms with Crippen molar-refractivity contribution < 1.29 is 19.5 Å². The van der Waals surface area contributed by atoms with Crippen LogP contribution in [-0.2, 0) is 9.59 Å². The molecule has 19 heavy (non-hydrogen) atoms. The number of nitrogens with one attached hydrogen (secondary N) is 2. The number of primary amides is 1. The number of hydrogen-bond acceptors (Lipinski definition) is 3. The molecule has 1 atom stereocenters. The number of hydrogen-bond donors (Lipinski definition) is 4. The maximum absolute atomic E-state index is 11.6. The van der Waals surface area contributed by atoms with Crippen molar-refractivity contribution in [1.29, 1.82) is 0 Å². The van der Waals surface area contributed by atoms with Crippen LogP contribution in [0.25, 0.3) is 0 Å². The molecule has 0 spiro atoms. The van der Waals surface area contributed by atoms with E-state index in [1.165, 1.54) is 0 Å². The van der Waals surface area contributed by atoms with Crippen LogP contribution in [0.3, 0.4) is 0 Å². The molecule has 0 aliphatic rings. The minimum absolute atomic E-state index is 0.0973. The van der Waals surface area contributed by atoms with Crippen molar-refractivity contribution in [3.05, 3.63) is 0 Å². The summed E-state index contributed by atoms with van der Waals surface area (Å²) in [4.78, 5) is 33.3. The number of carbonyl (C=O) groups is 3. The van der Waals surface area contributed by atoms with Crippen LogP contribution < -0.4 is 16.4 Å². The Morgan fingerprint density at radius 3 is 2.32 bits per heavy atom. The molecule has 0 aliphatic heterocycles. The zero-order valence-electron chi connectivity index (χ0n) is 11.7. The molecule has 7 heteroatoms. The van der Waals surface area contributed by atoms with Gasteiger partial charge in [0.25, 0.3) is 0 Å². The molecule has 0 rings (SSSR count). The number of amides is 3. The van der Waals surface area contributed by atoms with Crippen molar-refractivity contribution in [3.63, 3.8) is 0 Å². The molecule has 0 bridgehead atoms. The van der Waals surface area contributed by atoms with Crippen molar-refractivity contribution >= 4 is 17.9 Å². The lowest BCUT2D eigenvalue weighted by atomic mass is 9.93. The molecule has 0 heterocycles. The number of rotatable bonds is 8. The van der Waals surface area contributed by atoms with E-state index in [9.17, 15) is 14.4 Å². The molecular weight excluding hydrogens is 250 g/mol. The number of carbonyl (C=O) groups excluding carboxylic acids is 2. The highest BCUT2D eigenvalue weighted by atomic mass is 16.4. The lowest BCUT2D eigenvalue weighted by Gasteiger charge is -2.22.